The predicted molar refractivity (Wildman–Crippen MR) is 162 cm³/mol. The lowest BCUT2D eigenvalue weighted by Crippen LogP contribution is -2.38. The maximum atomic E-state index is 12.3. The molecule has 2 heterocycles. The number of aliphatic hydroxyl groups is 1. The second kappa shape index (κ2) is 15.9. The van der Waals surface area contributed by atoms with Gasteiger partial charge in [0.15, 0.2) is 11.4 Å². The largest absolute Gasteiger partial charge is 0.392 e. The molecule has 4 atom stereocenters. The minimum Gasteiger partial charge on any atom is -0.392 e. The van der Waals surface area contributed by atoms with Gasteiger partial charge >= 0.3 is 0 Å². The zero-order valence-corrected chi connectivity index (χ0v) is 25.4. The van der Waals surface area contributed by atoms with Crippen LogP contribution in [0.5, 0.6) is 0 Å². The fourth-order valence-corrected chi connectivity index (χ4v) is 5.99. The Kier molecular flexibility index (Phi) is 12.0. The highest BCUT2D eigenvalue weighted by Crippen LogP contribution is 2.42. The minimum absolute atomic E-state index is 0.00274. The quantitative estimate of drug-likeness (QED) is 0.181. The van der Waals surface area contributed by atoms with Crippen molar-refractivity contribution in [3.63, 3.8) is 0 Å². The molecule has 0 saturated carbocycles. The summed E-state index contributed by atoms with van der Waals surface area (Å²) in [5.41, 5.74) is 3.83. The summed E-state index contributed by atoms with van der Waals surface area (Å²) in [5, 5.41) is 16.2. The van der Waals surface area contributed by atoms with Crippen molar-refractivity contribution in [1.82, 2.24) is 20.2 Å². The molecule has 3 aromatic rings. The van der Waals surface area contributed by atoms with Crippen molar-refractivity contribution in [2.24, 2.45) is 13.0 Å². The average Bonchev–Trinajstić information content (AvgIpc) is 3.41. The van der Waals surface area contributed by atoms with Gasteiger partial charge in [-0.3, -0.25) is 9.59 Å². The van der Waals surface area contributed by atoms with Gasteiger partial charge in [-0.15, -0.1) is 0 Å². The van der Waals surface area contributed by atoms with Crippen LogP contribution < -0.4 is 10.6 Å². The Morgan fingerprint density at radius 1 is 0.976 bits per heavy atom. The van der Waals surface area contributed by atoms with Gasteiger partial charge in [-0.25, -0.2) is 4.98 Å². The Morgan fingerprint density at radius 2 is 1.69 bits per heavy atom. The molecule has 9 nitrogen and oxygen atoms in total. The molecule has 10 heteroatoms. The molecule has 1 aliphatic heterocycles. The Morgan fingerprint density at radius 3 is 2.36 bits per heavy atom. The van der Waals surface area contributed by atoms with Crippen LogP contribution in [0.2, 0.25) is 0 Å². The lowest BCUT2D eigenvalue weighted by atomic mass is 9.91. The van der Waals surface area contributed by atoms with Gasteiger partial charge < -0.3 is 29.8 Å². The average molecular weight is 595 g/mol. The molecule has 0 spiro atoms. The third-order valence-corrected chi connectivity index (χ3v) is 8.62. The number of carbonyl (C=O) groups excluding carboxylic acids is 2. The molecule has 2 aromatic carbocycles. The van der Waals surface area contributed by atoms with Crippen LogP contribution in [0.1, 0.15) is 74.2 Å². The number of ether oxygens (including phenoxy) is 2. The Bertz CT molecular complexity index is 1280. The first-order valence-corrected chi connectivity index (χ1v) is 15.5. The number of hydrogen-bond donors (Lipinski definition) is 3. The molecule has 226 valence electrons. The number of benzene rings is 2. The van der Waals surface area contributed by atoms with Gasteiger partial charge in [-0.05, 0) is 29.5 Å². The summed E-state index contributed by atoms with van der Waals surface area (Å²) < 4.78 is 15.1. The smallest absolute Gasteiger partial charge is 0.220 e. The van der Waals surface area contributed by atoms with Gasteiger partial charge in [0.1, 0.15) is 0 Å². The normalized spacial score (nSPS) is 20.3. The molecule has 4 rings (SSSR count). The van der Waals surface area contributed by atoms with Crippen molar-refractivity contribution in [1.29, 1.82) is 0 Å². The SMILES string of the molecule is CC(=O)NCCCCCC(=O)NCc1ccc([C@H]2O[C@@H](CSc3nccn3C)[C@@H](C)[C@@H](c3ccc(CO)cc3)O2)cc1. The molecule has 1 saturated heterocycles. The van der Waals surface area contributed by atoms with Crippen LogP contribution in [0.25, 0.3) is 0 Å². The monoisotopic (exact) mass is 594 g/mol. The number of unbranched alkanes of at least 4 members (excludes halogenated alkanes) is 2. The summed E-state index contributed by atoms with van der Waals surface area (Å²) in [6.45, 7) is 4.77. The molecule has 42 heavy (non-hydrogen) atoms. The molecule has 2 amide bonds. The number of aryl methyl sites for hydroxylation is 1. The molecule has 1 aliphatic rings. The Labute approximate surface area is 252 Å². The molecule has 0 radical (unpaired) electrons. The molecule has 1 fully saturated rings. The van der Waals surface area contributed by atoms with Gasteiger partial charge in [0.05, 0.1) is 18.8 Å². The second-order valence-corrected chi connectivity index (χ2v) is 11.8. The number of nitrogens with one attached hydrogen (secondary N) is 2. The van der Waals surface area contributed by atoms with Gasteiger partial charge in [-0.2, -0.15) is 0 Å². The number of carbonyl (C=O) groups is 2. The van der Waals surface area contributed by atoms with E-state index in [0.29, 0.717) is 19.5 Å². The van der Waals surface area contributed by atoms with Crippen molar-refractivity contribution in [2.75, 3.05) is 12.3 Å². The van der Waals surface area contributed by atoms with E-state index in [-0.39, 0.29) is 36.5 Å². The third-order valence-electron chi connectivity index (χ3n) is 7.47. The summed E-state index contributed by atoms with van der Waals surface area (Å²) in [7, 11) is 1.98. The standard InChI is InChI=1S/C32H42N4O5S/c1-22-28(21-42-32-34-17-18-36(32)3)40-31(41-30(22)26-12-10-25(20-37)11-13-26)27-14-8-24(9-15-27)19-35-29(39)7-5-4-6-16-33-23(2)38/h8-15,17-18,22,28,30-31,37H,4-7,16,19-21H2,1-3H3,(H,33,38)(H,35,39)/t22-,28+,30+,31+/m1/s1. The fraction of sp³-hybridized carbons (Fsp3) is 0.469. The summed E-state index contributed by atoms with van der Waals surface area (Å²) in [6, 6.07) is 15.9. The van der Waals surface area contributed by atoms with Crippen LogP contribution >= 0.6 is 11.8 Å². The predicted octanol–water partition coefficient (Wildman–Crippen LogP) is 4.81. The molecule has 0 unspecified atom stereocenters. The van der Waals surface area contributed by atoms with Gasteiger partial charge in [0.25, 0.3) is 0 Å². The summed E-state index contributed by atoms with van der Waals surface area (Å²) >= 11 is 1.67. The molecular formula is C32H42N4O5S. The zero-order valence-electron chi connectivity index (χ0n) is 24.6. The van der Waals surface area contributed by atoms with Crippen LogP contribution in [0.3, 0.4) is 0 Å². The topological polar surface area (TPSA) is 115 Å². The van der Waals surface area contributed by atoms with Crippen molar-refractivity contribution in [3.8, 4) is 0 Å². The first-order valence-electron chi connectivity index (χ1n) is 14.5. The number of amides is 2. The Hall–Kier alpha value is -3.18. The highest BCUT2D eigenvalue weighted by Gasteiger charge is 2.38. The number of imidazole rings is 1. The van der Waals surface area contributed by atoms with Crippen molar-refractivity contribution in [3.05, 3.63) is 83.2 Å². The van der Waals surface area contributed by atoms with E-state index in [2.05, 4.69) is 22.5 Å². The molecule has 1 aromatic heterocycles. The van der Waals surface area contributed by atoms with E-state index in [1.807, 2.05) is 66.3 Å². The van der Waals surface area contributed by atoms with E-state index in [1.54, 1.807) is 18.0 Å². The van der Waals surface area contributed by atoms with Crippen LogP contribution in [0.4, 0.5) is 0 Å². The molecular weight excluding hydrogens is 552 g/mol. The maximum Gasteiger partial charge on any atom is 0.220 e. The number of rotatable bonds is 14. The highest BCUT2D eigenvalue weighted by atomic mass is 32.2. The van der Waals surface area contributed by atoms with Crippen LogP contribution in [-0.2, 0) is 39.3 Å². The number of aromatic nitrogens is 2. The van der Waals surface area contributed by atoms with E-state index >= 15 is 0 Å². The summed E-state index contributed by atoms with van der Waals surface area (Å²) in [4.78, 5) is 27.6. The zero-order chi connectivity index (χ0) is 29.9. The van der Waals surface area contributed by atoms with Crippen molar-refractivity contribution >= 4 is 23.6 Å². The number of thioether (sulfide) groups is 1. The van der Waals surface area contributed by atoms with Crippen LogP contribution in [0, 0.1) is 5.92 Å². The third kappa shape index (κ3) is 9.16. The lowest BCUT2D eigenvalue weighted by Gasteiger charge is -2.41. The van der Waals surface area contributed by atoms with E-state index < -0.39 is 6.29 Å². The fourth-order valence-electron chi connectivity index (χ4n) is 4.89. The van der Waals surface area contributed by atoms with E-state index in [0.717, 1.165) is 52.4 Å². The molecule has 0 aliphatic carbocycles. The van der Waals surface area contributed by atoms with E-state index in [1.165, 1.54) is 6.92 Å². The van der Waals surface area contributed by atoms with Gasteiger partial charge in [0.2, 0.25) is 11.8 Å². The van der Waals surface area contributed by atoms with Gasteiger partial charge in [0, 0.05) is 63.1 Å². The Balaban J connectivity index is 1.36. The van der Waals surface area contributed by atoms with Gasteiger partial charge in [-0.1, -0.05) is 73.6 Å². The van der Waals surface area contributed by atoms with E-state index in [4.69, 9.17) is 9.47 Å². The summed E-state index contributed by atoms with van der Waals surface area (Å²) in [6.07, 6.45) is 5.96. The second-order valence-electron chi connectivity index (χ2n) is 10.8. The highest BCUT2D eigenvalue weighted by molar-refractivity contribution is 7.99. The first kappa shape index (κ1) is 31.7. The number of aliphatic hydroxyl groups excluding tert-OH is 1. The van der Waals surface area contributed by atoms with Crippen molar-refractivity contribution < 1.29 is 24.2 Å². The number of nitrogens with zero attached hydrogens (tertiary/aromatic N) is 2. The van der Waals surface area contributed by atoms with Crippen LogP contribution in [-0.4, -0.2) is 44.9 Å². The summed E-state index contributed by atoms with van der Waals surface area (Å²) in [5.74, 6) is 0.820. The van der Waals surface area contributed by atoms with Crippen molar-refractivity contribution in [2.45, 2.75) is 76.3 Å². The van der Waals surface area contributed by atoms with Crippen LogP contribution in [0.15, 0.2) is 66.1 Å². The first-order chi connectivity index (χ1) is 20.3. The maximum absolute atomic E-state index is 12.3. The molecule has 0 bridgehead atoms. The lowest BCUT2D eigenvalue weighted by molar-refractivity contribution is -0.268. The molecule has 3 N–H and O–H groups in total. The number of hydrogen-bond acceptors (Lipinski definition) is 7. The van der Waals surface area contributed by atoms with E-state index in [9.17, 15) is 14.7 Å². The minimum atomic E-state index is -0.545.